The fourth-order valence-corrected chi connectivity index (χ4v) is 2.28. The van der Waals surface area contributed by atoms with Crippen LogP contribution in [-0.2, 0) is 15.9 Å². The number of amides is 1. The minimum absolute atomic E-state index is 0.0244. The van der Waals surface area contributed by atoms with Crippen molar-refractivity contribution in [3.8, 4) is 0 Å². The maximum Gasteiger partial charge on any atom is 0.233 e. The van der Waals surface area contributed by atoms with Gasteiger partial charge in [0.1, 0.15) is 0 Å². The summed E-state index contributed by atoms with van der Waals surface area (Å²) in [5.41, 5.74) is 5.12. The summed E-state index contributed by atoms with van der Waals surface area (Å²) < 4.78 is 19.5. The van der Waals surface area contributed by atoms with Crippen LogP contribution in [0.1, 0.15) is 19.3 Å². The molecular weight excluding hydrogens is 192 g/mol. The summed E-state index contributed by atoms with van der Waals surface area (Å²) in [5, 5.41) is 2.51. The molecule has 1 fully saturated rings. The average molecular weight is 206 g/mol. The largest absolute Gasteiger partial charge is 0.352 e. The Morgan fingerprint density at radius 1 is 1.62 bits per heavy atom. The second-order valence-electron chi connectivity index (χ2n) is 3.18. The van der Waals surface area contributed by atoms with Crippen molar-refractivity contribution in [2.24, 2.45) is 5.73 Å². The average Bonchev–Trinajstić information content (AvgIpc) is 2.52. The molecule has 1 aliphatic carbocycles. The van der Waals surface area contributed by atoms with Crippen LogP contribution in [0, 0.1) is 0 Å². The molecule has 0 radical (unpaired) electrons. The number of carbonyl (C=O) groups is 1. The third kappa shape index (κ3) is 3.06. The highest BCUT2D eigenvalue weighted by molar-refractivity contribution is 7.79. The Kier molecular flexibility index (Phi) is 3.83. The van der Waals surface area contributed by atoms with Crippen LogP contribution in [0.4, 0.5) is 0 Å². The van der Waals surface area contributed by atoms with Gasteiger partial charge < -0.3 is 15.6 Å². The SMILES string of the molecule is NCC(=O)NC1CCC(S(=O)O)C1. The van der Waals surface area contributed by atoms with Gasteiger partial charge in [-0.25, -0.2) is 4.21 Å². The third-order valence-electron chi connectivity index (χ3n) is 2.22. The maximum atomic E-state index is 10.9. The Hall–Kier alpha value is -0.460. The summed E-state index contributed by atoms with van der Waals surface area (Å²) in [7, 11) is 0. The van der Waals surface area contributed by atoms with E-state index in [9.17, 15) is 9.00 Å². The van der Waals surface area contributed by atoms with Crippen LogP contribution in [0.2, 0.25) is 0 Å². The monoisotopic (exact) mass is 206 g/mol. The molecular formula is C7H14N2O3S. The molecule has 0 aromatic rings. The van der Waals surface area contributed by atoms with Crippen molar-refractivity contribution in [3.63, 3.8) is 0 Å². The maximum absolute atomic E-state index is 10.9. The van der Waals surface area contributed by atoms with E-state index in [2.05, 4.69) is 5.32 Å². The Morgan fingerprint density at radius 3 is 2.77 bits per heavy atom. The van der Waals surface area contributed by atoms with Crippen molar-refractivity contribution in [2.45, 2.75) is 30.6 Å². The van der Waals surface area contributed by atoms with Gasteiger partial charge in [0.25, 0.3) is 0 Å². The van der Waals surface area contributed by atoms with Crippen molar-refractivity contribution < 1.29 is 13.6 Å². The number of hydrogen-bond acceptors (Lipinski definition) is 3. The highest BCUT2D eigenvalue weighted by atomic mass is 32.2. The standard InChI is InChI=1S/C7H14N2O3S/c8-4-7(10)9-5-1-2-6(3-5)13(11)12/h5-6H,1-4,8H2,(H,9,10)(H,11,12). The lowest BCUT2D eigenvalue weighted by Gasteiger charge is -2.10. The van der Waals surface area contributed by atoms with Gasteiger partial charge >= 0.3 is 0 Å². The van der Waals surface area contributed by atoms with Gasteiger partial charge in [0.05, 0.1) is 11.8 Å². The van der Waals surface area contributed by atoms with Crippen LogP contribution in [0.5, 0.6) is 0 Å². The van der Waals surface area contributed by atoms with Gasteiger partial charge in [0.2, 0.25) is 5.91 Å². The zero-order chi connectivity index (χ0) is 9.84. The summed E-state index contributed by atoms with van der Waals surface area (Å²) in [6.07, 6.45) is 2.04. The first kappa shape index (κ1) is 10.6. The summed E-state index contributed by atoms with van der Waals surface area (Å²) in [6, 6.07) is 0.0251. The fraction of sp³-hybridized carbons (Fsp3) is 0.857. The Morgan fingerprint density at radius 2 is 2.31 bits per heavy atom. The van der Waals surface area contributed by atoms with E-state index in [0.29, 0.717) is 12.8 Å². The molecule has 1 aliphatic rings. The van der Waals surface area contributed by atoms with E-state index in [1.165, 1.54) is 0 Å². The summed E-state index contributed by atoms with van der Waals surface area (Å²) in [5.74, 6) is -0.200. The molecule has 0 spiro atoms. The molecule has 1 rings (SSSR count). The molecule has 13 heavy (non-hydrogen) atoms. The van der Waals surface area contributed by atoms with Gasteiger partial charge in [-0.1, -0.05) is 0 Å². The van der Waals surface area contributed by atoms with Crippen molar-refractivity contribution in [2.75, 3.05) is 6.54 Å². The summed E-state index contributed by atoms with van der Waals surface area (Å²) in [4.78, 5) is 10.9. The van der Waals surface area contributed by atoms with Crippen LogP contribution in [0.3, 0.4) is 0 Å². The Labute approximate surface area is 79.4 Å². The summed E-state index contributed by atoms with van der Waals surface area (Å²) in [6.45, 7) is -0.0244. The highest BCUT2D eigenvalue weighted by Gasteiger charge is 2.28. The van der Waals surface area contributed by atoms with Crippen LogP contribution < -0.4 is 11.1 Å². The first-order chi connectivity index (χ1) is 6.13. The predicted octanol–water partition coefficient (Wildman–Crippen LogP) is -0.796. The Bertz CT molecular complexity index is 222. The topological polar surface area (TPSA) is 92.4 Å². The molecule has 0 bridgehead atoms. The molecule has 1 amide bonds. The van der Waals surface area contributed by atoms with E-state index in [4.69, 9.17) is 10.3 Å². The van der Waals surface area contributed by atoms with Crippen LogP contribution in [-0.4, -0.2) is 32.5 Å². The van der Waals surface area contributed by atoms with Gasteiger partial charge in [0, 0.05) is 6.04 Å². The second kappa shape index (κ2) is 4.69. The molecule has 4 N–H and O–H groups in total. The van der Waals surface area contributed by atoms with Gasteiger partial charge in [-0.2, -0.15) is 0 Å². The second-order valence-corrected chi connectivity index (χ2v) is 4.40. The lowest BCUT2D eigenvalue weighted by Crippen LogP contribution is -2.37. The molecule has 3 unspecified atom stereocenters. The molecule has 0 heterocycles. The zero-order valence-electron chi connectivity index (χ0n) is 7.23. The molecule has 3 atom stereocenters. The van der Waals surface area contributed by atoms with E-state index < -0.39 is 11.1 Å². The van der Waals surface area contributed by atoms with Crippen LogP contribution in [0.25, 0.3) is 0 Å². The molecule has 5 nitrogen and oxygen atoms in total. The van der Waals surface area contributed by atoms with Gasteiger partial charge in [-0.05, 0) is 19.3 Å². The third-order valence-corrected chi connectivity index (χ3v) is 3.22. The minimum atomic E-state index is -1.76. The van der Waals surface area contributed by atoms with E-state index in [1.54, 1.807) is 0 Å². The summed E-state index contributed by atoms with van der Waals surface area (Å²) >= 11 is -1.76. The Balaban J connectivity index is 2.33. The molecule has 0 aromatic carbocycles. The molecule has 6 heteroatoms. The van der Waals surface area contributed by atoms with Gasteiger partial charge in [-0.15, -0.1) is 0 Å². The van der Waals surface area contributed by atoms with E-state index in [0.717, 1.165) is 6.42 Å². The number of hydrogen-bond donors (Lipinski definition) is 3. The van der Waals surface area contributed by atoms with Crippen molar-refractivity contribution in [3.05, 3.63) is 0 Å². The molecule has 1 saturated carbocycles. The number of nitrogens with one attached hydrogen (secondary N) is 1. The molecule has 0 aromatic heterocycles. The molecule has 76 valence electrons. The zero-order valence-corrected chi connectivity index (χ0v) is 8.05. The quantitative estimate of drug-likeness (QED) is 0.527. The number of carbonyl (C=O) groups excluding carboxylic acids is 1. The van der Waals surface area contributed by atoms with E-state index in [1.807, 2.05) is 0 Å². The minimum Gasteiger partial charge on any atom is -0.352 e. The molecule has 0 aliphatic heterocycles. The van der Waals surface area contributed by atoms with Gasteiger partial charge in [-0.3, -0.25) is 4.79 Å². The van der Waals surface area contributed by atoms with Crippen molar-refractivity contribution >= 4 is 17.0 Å². The van der Waals surface area contributed by atoms with Crippen LogP contribution in [0.15, 0.2) is 0 Å². The van der Waals surface area contributed by atoms with E-state index in [-0.39, 0.29) is 23.7 Å². The van der Waals surface area contributed by atoms with Crippen molar-refractivity contribution in [1.82, 2.24) is 5.32 Å². The lowest BCUT2D eigenvalue weighted by atomic mass is 10.2. The lowest BCUT2D eigenvalue weighted by molar-refractivity contribution is -0.120. The fourth-order valence-electron chi connectivity index (χ4n) is 1.54. The number of rotatable bonds is 3. The van der Waals surface area contributed by atoms with E-state index >= 15 is 0 Å². The first-order valence-electron chi connectivity index (χ1n) is 4.22. The molecule has 0 saturated heterocycles. The first-order valence-corrected chi connectivity index (χ1v) is 5.39. The predicted molar refractivity (Wildman–Crippen MR) is 49.4 cm³/mol. The highest BCUT2D eigenvalue weighted by Crippen LogP contribution is 2.22. The normalized spacial score (nSPS) is 30.0. The number of nitrogens with two attached hydrogens (primary N) is 1. The van der Waals surface area contributed by atoms with Gasteiger partial charge in [0.15, 0.2) is 11.1 Å². The van der Waals surface area contributed by atoms with Crippen LogP contribution >= 0.6 is 0 Å². The smallest absolute Gasteiger partial charge is 0.233 e. The van der Waals surface area contributed by atoms with Crippen molar-refractivity contribution in [1.29, 1.82) is 0 Å².